The Morgan fingerprint density at radius 1 is 1.09 bits per heavy atom. The summed E-state index contributed by atoms with van der Waals surface area (Å²) in [5.74, 6) is -2.33. The maximum atomic E-state index is 14.8. The molecule has 3 aromatic rings. The lowest BCUT2D eigenvalue weighted by Crippen LogP contribution is -2.45. The highest BCUT2D eigenvalue weighted by Gasteiger charge is 2.36. The van der Waals surface area contributed by atoms with Crippen LogP contribution in [0, 0.1) is 12.7 Å². The van der Waals surface area contributed by atoms with Gasteiger partial charge in [-0.05, 0) is 94.5 Å². The highest BCUT2D eigenvalue weighted by atomic mass is 19.1. The van der Waals surface area contributed by atoms with E-state index in [2.05, 4.69) is 10.4 Å². The number of rotatable bonds is 8. The second kappa shape index (κ2) is 13.4. The normalized spacial score (nSPS) is 17.3. The fourth-order valence-electron chi connectivity index (χ4n) is 6.19. The maximum absolute atomic E-state index is 14.8. The molecule has 2 heterocycles. The van der Waals surface area contributed by atoms with Crippen molar-refractivity contribution >= 4 is 29.4 Å². The fraction of sp³-hybridized carbons (Fsp3) is 0.361. The van der Waals surface area contributed by atoms with Crippen molar-refractivity contribution in [3.05, 3.63) is 93.5 Å². The number of hydrogen-bond donors (Lipinski definition) is 1. The lowest BCUT2D eigenvalue weighted by atomic mass is 9.94. The summed E-state index contributed by atoms with van der Waals surface area (Å²) in [4.78, 5) is 56.0. The number of fused-ring (bicyclic) bond motifs is 1. The molecule has 0 saturated carbocycles. The van der Waals surface area contributed by atoms with Gasteiger partial charge in [-0.15, -0.1) is 0 Å². The Bertz CT molecular complexity index is 1820. The number of hydrogen-bond acceptors (Lipinski definition) is 6. The first-order chi connectivity index (χ1) is 22.2. The van der Waals surface area contributed by atoms with Crippen molar-refractivity contribution in [2.75, 3.05) is 18.5 Å². The molecule has 2 atom stereocenters. The summed E-state index contributed by atoms with van der Waals surface area (Å²) in [7, 11) is 3.46. The Hall–Kier alpha value is -5.06. The van der Waals surface area contributed by atoms with Crippen LogP contribution < -0.4 is 10.2 Å². The molecule has 3 amide bonds. The number of aromatic nitrogens is 2. The first-order valence-corrected chi connectivity index (χ1v) is 15.6. The number of anilines is 1. The zero-order chi connectivity index (χ0) is 34.2. The van der Waals surface area contributed by atoms with Crippen molar-refractivity contribution in [3.63, 3.8) is 0 Å². The van der Waals surface area contributed by atoms with Crippen molar-refractivity contribution < 1.29 is 28.3 Å². The van der Waals surface area contributed by atoms with Gasteiger partial charge in [-0.3, -0.25) is 19.1 Å². The third kappa shape index (κ3) is 6.89. The molecule has 1 N–H and O–H groups in total. The van der Waals surface area contributed by atoms with Crippen molar-refractivity contribution in [2.45, 2.75) is 66.2 Å². The average Bonchev–Trinajstić information content (AvgIpc) is 3.34. The molecule has 0 saturated heterocycles. The van der Waals surface area contributed by atoms with Gasteiger partial charge in [-0.1, -0.05) is 17.7 Å². The number of ether oxygens (including phenoxy) is 1. The zero-order valence-corrected chi connectivity index (χ0v) is 27.8. The molecule has 0 radical (unpaired) electrons. The van der Waals surface area contributed by atoms with Crippen LogP contribution in [0.4, 0.5) is 10.1 Å². The topological polar surface area (TPSA) is 114 Å². The zero-order valence-electron chi connectivity index (χ0n) is 27.8. The highest BCUT2D eigenvalue weighted by molar-refractivity contribution is 6.11. The summed E-state index contributed by atoms with van der Waals surface area (Å²) >= 11 is 0. The van der Waals surface area contributed by atoms with Crippen LogP contribution >= 0.6 is 0 Å². The number of carbonyl (C=O) groups is 4. The molecule has 10 nitrogen and oxygen atoms in total. The minimum atomic E-state index is -0.861. The fourth-order valence-corrected chi connectivity index (χ4v) is 6.19. The smallest absolute Gasteiger partial charge is 0.334 e. The summed E-state index contributed by atoms with van der Waals surface area (Å²) in [5.41, 5.74) is 6.53. The molecule has 0 bridgehead atoms. The third-order valence-electron chi connectivity index (χ3n) is 8.79. The van der Waals surface area contributed by atoms with Crippen LogP contribution in [0.5, 0.6) is 0 Å². The van der Waals surface area contributed by atoms with E-state index in [4.69, 9.17) is 4.74 Å². The highest BCUT2D eigenvalue weighted by Crippen LogP contribution is 2.33. The van der Waals surface area contributed by atoms with E-state index in [-0.39, 0.29) is 24.6 Å². The van der Waals surface area contributed by atoms with Gasteiger partial charge in [0.15, 0.2) is 0 Å². The van der Waals surface area contributed by atoms with Gasteiger partial charge in [-0.2, -0.15) is 5.10 Å². The van der Waals surface area contributed by atoms with E-state index in [9.17, 15) is 23.6 Å². The number of esters is 1. The summed E-state index contributed by atoms with van der Waals surface area (Å²) in [6.45, 7) is 9.07. The number of carbonyl (C=O) groups excluding carboxylic acids is 4. The SMILES string of the molecule is CC1=CC(C)=C(C(=O)OC(C)CNC(=O)c2cc(F)cc(CN3C(=O)c4ccc(-c5c(C)cnn5C)cc4N(C)C(=O)[C@H]3C)c2)CC1. The Labute approximate surface area is 273 Å². The van der Waals surface area contributed by atoms with Crippen LogP contribution in [-0.2, 0) is 27.9 Å². The average molecular weight is 642 g/mol. The van der Waals surface area contributed by atoms with Crippen LogP contribution in [0.25, 0.3) is 11.3 Å². The Morgan fingerprint density at radius 3 is 2.51 bits per heavy atom. The van der Waals surface area contributed by atoms with Crippen molar-refractivity contribution in [1.82, 2.24) is 20.0 Å². The van der Waals surface area contributed by atoms with E-state index in [1.165, 1.54) is 27.5 Å². The minimum Gasteiger partial charge on any atom is -0.457 e. The van der Waals surface area contributed by atoms with Crippen LogP contribution in [0.15, 0.2) is 65.4 Å². The maximum Gasteiger partial charge on any atom is 0.334 e. The molecule has 2 aliphatic rings. The van der Waals surface area contributed by atoms with Gasteiger partial charge in [0.05, 0.1) is 29.7 Å². The van der Waals surface area contributed by atoms with Gasteiger partial charge in [0, 0.05) is 37.3 Å². The summed E-state index contributed by atoms with van der Waals surface area (Å²) in [6.07, 6.45) is 4.51. The number of benzene rings is 2. The van der Waals surface area contributed by atoms with E-state index in [0.717, 1.165) is 34.9 Å². The number of nitrogens with zero attached hydrogens (tertiary/aromatic N) is 4. The molecule has 1 aliphatic heterocycles. The molecule has 2 aromatic carbocycles. The predicted octanol–water partition coefficient (Wildman–Crippen LogP) is 5.26. The van der Waals surface area contributed by atoms with Crippen LogP contribution in [0.2, 0.25) is 0 Å². The van der Waals surface area contributed by atoms with E-state index < -0.39 is 35.7 Å². The number of nitrogens with one attached hydrogen (secondary N) is 1. The van der Waals surface area contributed by atoms with Crippen LogP contribution in [0.1, 0.15) is 72.4 Å². The second-order valence-electron chi connectivity index (χ2n) is 12.5. The standard InChI is InChI=1S/C36H40FN5O5/c1-20-8-10-29(21(2)12-20)36(46)47-23(4)18-38-33(43)27-13-25(14-28(37)15-27)19-42-24(5)34(44)40(6)31-16-26(9-11-30(31)35(42)45)32-22(3)17-39-41(32)7/h9,11-17,23-24H,8,10,18-19H2,1-7H3,(H,38,43)/t23?,24-/m1/s1. The molecule has 0 spiro atoms. The number of halogens is 1. The van der Waals surface area contributed by atoms with Gasteiger partial charge >= 0.3 is 5.97 Å². The quantitative estimate of drug-likeness (QED) is 0.336. The van der Waals surface area contributed by atoms with Crippen LogP contribution in [0.3, 0.4) is 0 Å². The van der Waals surface area contributed by atoms with Crippen molar-refractivity contribution in [1.29, 1.82) is 0 Å². The third-order valence-corrected chi connectivity index (χ3v) is 8.79. The monoisotopic (exact) mass is 641 g/mol. The number of amides is 3. The molecule has 1 aromatic heterocycles. The van der Waals surface area contributed by atoms with Crippen molar-refractivity contribution in [3.8, 4) is 11.3 Å². The molecule has 1 aliphatic carbocycles. The number of allylic oxidation sites excluding steroid dienone is 3. The predicted molar refractivity (Wildman–Crippen MR) is 176 cm³/mol. The number of likely N-dealkylation sites (N-methyl/N-ethyl adjacent to an activating group) is 1. The first kappa shape index (κ1) is 33.3. The summed E-state index contributed by atoms with van der Waals surface area (Å²) < 4.78 is 22.1. The lowest BCUT2D eigenvalue weighted by Gasteiger charge is -2.27. The van der Waals surface area contributed by atoms with E-state index in [1.807, 2.05) is 40.0 Å². The second-order valence-corrected chi connectivity index (χ2v) is 12.5. The lowest BCUT2D eigenvalue weighted by molar-refractivity contribution is -0.143. The molecule has 5 rings (SSSR count). The largest absolute Gasteiger partial charge is 0.457 e. The summed E-state index contributed by atoms with van der Waals surface area (Å²) in [6, 6.07) is 8.29. The molecule has 1 unspecified atom stereocenters. The van der Waals surface area contributed by atoms with Gasteiger partial charge < -0.3 is 19.9 Å². The van der Waals surface area contributed by atoms with Gasteiger partial charge in [0.2, 0.25) is 5.91 Å². The first-order valence-electron chi connectivity index (χ1n) is 15.6. The van der Waals surface area contributed by atoms with Gasteiger partial charge in [0.25, 0.3) is 11.8 Å². The summed E-state index contributed by atoms with van der Waals surface area (Å²) in [5, 5.41) is 7.00. The van der Waals surface area contributed by atoms with Gasteiger partial charge in [0.1, 0.15) is 18.0 Å². The van der Waals surface area contributed by atoms with E-state index in [1.54, 1.807) is 43.9 Å². The van der Waals surface area contributed by atoms with E-state index >= 15 is 0 Å². The molecule has 47 heavy (non-hydrogen) atoms. The molecular formula is C36H40FN5O5. The van der Waals surface area contributed by atoms with Crippen LogP contribution in [-0.4, -0.2) is 64.1 Å². The Morgan fingerprint density at radius 2 is 1.83 bits per heavy atom. The van der Waals surface area contributed by atoms with Crippen molar-refractivity contribution in [2.24, 2.45) is 7.05 Å². The van der Waals surface area contributed by atoms with Gasteiger partial charge in [-0.25, -0.2) is 9.18 Å². The molecule has 0 fully saturated rings. The Balaban J connectivity index is 1.31. The molecule has 11 heteroatoms. The molecule has 246 valence electrons. The van der Waals surface area contributed by atoms with E-state index in [0.29, 0.717) is 28.8 Å². The number of aryl methyl sites for hydroxylation is 2. The minimum absolute atomic E-state index is 0.0250. The molecular weight excluding hydrogens is 601 g/mol. The Kier molecular flexibility index (Phi) is 9.46.